The molecule has 144 valence electrons. The average Bonchev–Trinajstić information content (AvgIpc) is 2.62. The van der Waals surface area contributed by atoms with Crippen molar-refractivity contribution >= 4 is 35.1 Å². The van der Waals surface area contributed by atoms with Crippen molar-refractivity contribution in [2.75, 3.05) is 25.5 Å². The minimum atomic E-state index is -0.767. The number of hydrogen-bond acceptors (Lipinski definition) is 6. The number of likely N-dealkylation sites (N-methyl/N-ethyl adjacent to an activating group) is 1. The lowest BCUT2D eigenvalue weighted by Crippen LogP contribution is -2.38. The Labute approximate surface area is 156 Å². The smallest absolute Gasteiger partial charge is 0.355 e. The molecule has 1 aliphatic rings. The van der Waals surface area contributed by atoms with Gasteiger partial charge in [-0.3, -0.25) is 14.4 Å². The molecule has 9 heteroatoms. The van der Waals surface area contributed by atoms with Crippen molar-refractivity contribution in [1.82, 2.24) is 10.3 Å². The highest BCUT2D eigenvalue weighted by atomic mass is 16.5. The number of nitrogens with one attached hydrogen (secondary N) is 2. The fourth-order valence-electron chi connectivity index (χ4n) is 2.31. The Morgan fingerprint density at radius 3 is 2.67 bits per heavy atom. The monoisotopic (exact) mass is 374 g/mol. The summed E-state index contributed by atoms with van der Waals surface area (Å²) in [6.07, 6.45) is 0.299. The second kappa shape index (κ2) is 8.93. The van der Waals surface area contributed by atoms with E-state index in [0.717, 1.165) is 16.0 Å². The van der Waals surface area contributed by atoms with Gasteiger partial charge in [0, 0.05) is 25.6 Å². The second-order valence-electron chi connectivity index (χ2n) is 6.29. The van der Waals surface area contributed by atoms with E-state index < -0.39 is 18.5 Å². The molecule has 9 nitrogen and oxygen atoms in total. The normalized spacial score (nSPS) is 13.3. The molecule has 1 aromatic rings. The number of hydrogen-bond donors (Lipinski definition) is 2. The van der Waals surface area contributed by atoms with E-state index in [1.807, 2.05) is 32.0 Å². The van der Waals surface area contributed by atoms with E-state index in [1.54, 1.807) is 0 Å². The van der Waals surface area contributed by atoms with Gasteiger partial charge in [-0.05, 0) is 31.0 Å². The molecule has 0 spiro atoms. The summed E-state index contributed by atoms with van der Waals surface area (Å²) in [5, 5.41) is 6.35. The summed E-state index contributed by atoms with van der Waals surface area (Å²) in [7, 11) is 1.44. The Kier molecular flexibility index (Phi) is 6.64. The van der Waals surface area contributed by atoms with Crippen molar-refractivity contribution in [2.45, 2.75) is 26.7 Å². The molecule has 1 aliphatic heterocycles. The number of carbonyl (C=O) groups excluding carboxylic acids is 4. The number of benzene rings is 1. The first kappa shape index (κ1) is 20.1. The van der Waals surface area contributed by atoms with Gasteiger partial charge in [-0.15, -0.1) is 0 Å². The topological polar surface area (TPSA) is 117 Å². The van der Waals surface area contributed by atoms with Gasteiger partial charge in [0.2, 0.25) is 11.8 Å². The van der Waals surface area contributed by atoms with Crippen molar-refractivity contribution in [1.29, 1.82) is 0 Å². The molecular formula is C18H22N4O5. The molecule has 3 amide bonds. The van der Waals surface area contributed by atoms with Gasteiger partial charge in [0.1, 0.15) is 5.71 Å². The van der Waals surface area contributed by atoms with Crippen LogP contribution in [0.5, 0.6) is 0 Å². The summed E-state index contributed by atoms with van der Waals surface area (Å²) in [5.74, 6) is -1.93. The van der Waals surface area contributed by atoms with Gasteiger partial charge < -0.3 is 15.0 Å². The van der Waals surface area contributed by atoms with Crippen LogP contribution in [0.2, 0.25) is 0 Å². The maximum absolute atomic E-state index is 12.1. The molecule has 0 fully saturated rings. The zero-order valence-corrected chi connectivity index (χ0v) is 15.5. The van der Waals surface area contributed by atoms with Crippen LogP contribution >= 0.6 is 0 Å². The fraction of sp³-hybridized carbons (Fsp3) is 0.389. The molecule has 0 atom stereocenters. The SMILES string of the molecule is Cc1ccc(C)c(NC(=O)CN(C)C(=O)COC(=O)C2=NNC(=O)CC2)c1. The van der Waals surface area contributed by atoms with E-state index in [1.165, 1.54) is 7.05 Å². The minimum Gasteiger partial charge on any atom is -0.451 e. The number of anilines is 1. The molecule has 1 heterocycles. The van der Waals surface area contributed by atoms with Crippen LogP contribution in [0.4, 0.5) is 5.69 Å². The number of esters is 1. The van der Waals surface area contributed by atoms with Gasteiger partial charge in [-0.25, -0.2) is 10.2 Å². The third kappa shape index (κ3) is 5.91. The zero-order chi connectivity index (χ0) is 20.0. The van der Waals surface area contributed by atoms with Crippen LogP contribution in [0, 0.1) is 13.8 Å². The number of rotatable bonds is 6. The number of aryl methyl sites for hydroxylation is 2. The van der Waals surface area contributed by atoms with Crippen molar-refractivity contribution in [3.05, 3.63) is 29.3 Å². The molecule has 1 aromatic carbocycles. The Bertz CT molecular complexity index is 803. The molecule has 0 aliphatic carbocycles. The maximum atomic E-state index is 12.1. The lowest BCUT2D eigenvalue weighted by Gasteiger charge is -2.18. The van der Waals surface area contributed by atoms with Crippen LogP contribution in [0.3, 0.4) is 0 Å². The lowest BCUT2D eigenvalue weighted by molar-refractivity contribution is -0.146. The van der Waals surface area contributed by atoms with E-state index in [0.29, 0.717) is 5.69 Å². The van der Waals surface area contributed by atoms with E-state index in [9.17, 15) is 19.2 Å². The summed E-state index contributed by atoms with van der Waals surface area (Å²) in [4.78, 5) is 48.2. The number of nitrogens with zero attached hydrogens (tertiary/aromatic N) is 2. The van der Waals surface area contributed by atoms with Crippen LogP contribution in [0.1, 0.15) is 24.0 Å². The number of carbonyl (C=O) groups is 4. The quantitative estimate of drug-likeness (QED) is 0.704. The third-order valence-corrected chi connectivity index (χ3v) is 3.94. The average molecular weight is 374 g/mol. The van der Waals surface area contributed by atoms with Gasteiger partial charge in [0.15, 0.2) is 6.61 Å². The molecule has 0 saturated heterocycles. The highest BCUT2D eigenvalue weighted by molar-refractivity contribution is 6.37. The van der Waals surface area contributed by atoms with E-state index in [4.69, 9.17) is 4.74 Å². The van der Waals surface area contributed by atoms with Crippen molar-refractivity contribution in [3.63, 3.8) is 0 Å². The summed E-state index contributed by atoms with van der Waals surface area (Å²) in [5.41, 5.74) is 4.84. The van der Waals surface area contributed by atoms with Gasteiger partial charge in [-0.2, -0.15) is 5.10 Å². The van der Waals surface area contributed by atoms with Crippen LogP contribution in [0.25, 0.3) is 0 Å². The molecule has 2 rings (SSSR count). The standard InChI is InChI=1S/C18H22N4O5/c1-11-4-5-12(2)14(8-11)19-16(24)9-22(3)17(25)10-27-18(26)13-6-7-15(23)21-20-13/h4-5,8H,6-7,9-10H2,1-3H3,(H,19,24)(H,21,23). The maximum Gasteiger partial charge on any atom is 0.355 e. The molecule has 0 bridgehead atoms. The highest BCUT2D eigenvalue weighted by Crippen LogP contribution is 2.16. The largest absolute Gasteiger partial charge is 0.451 e. The molecular weight excluding hydrogens is 352 g/mol. The van der Waals surface area contributed by atoms with Crippen LogP contribution in [-0.4, -0.2) is 54.5 Å². The number of hydrazone groups is 1. The van der Waals surface area contributed by atoms with E-state index in [-0.39, 0.29) is 36.9 Å². The molecule has 2 N–H and O–H groups in total. The van der Waals surface area contributed by atoms with Crippen molar-refractivity contribution < 1.29 is 23.9 Å². The first-order valence-electron chi connectivity index (χ1n) is 8.40. The molecule has 0 aromatic heterocycles. The predicted molar refractivity (Wildman–Crippen MR) is 98.0 cm³/mol. The number of ether oxygens (including phenoxy) is 1. The Morgan fingerprint density at radius 1 is 1.26 bits per heavy atom. The Balaban J connectivity index is 1.81. The fourth-order valence-corrected chi connectivity index (χ4v) is 2.31. The molecule has 27 heavy (non-hydrogen) atoms. The predicted octanol–water partition coefficient (Wildman–Crippen LogP) is 0.510. The van der Waals surface area contributed by atoms with Crippen molar-refractivity contribution in [2.24, 2.45) is 5.10 Å². The highest BCUT2D eigenvalue weighted by Gasteiger charge is 2.21. The lowest BCUT2D eigenvalue weighted by atomic mass is 10.1. The minimum absolute atomic E-state index is 0.0534. The Morgan fingerprint density at radius 2 is 2.00 bits per heavy atom. The Hall–Kier alpha value is -3.23. The second-order valence-corrected chi connectivity index (χ2v) is 6.29. The zero-order valence-electron chi connectivity index (χ0n) is 15.5. The summed E-state index contributed by atoms with van der Waals surface area (Å²) >= 11 is 0. The summed E-state index contributed by atoms with van der Waals surface area (Å²) < 4.78 is 4.89. The van der Waals surface area contributed by atoms with Gasteiger partial charge in [-0.1, -0.05) is 12.1 Å². The van der Waals surface area contributed by atoms with E-state index >= 15 is 0 Å². The number of amides is 3. The van der Waals surface area contributed by atoms with Gasteiger partial charge >= 0.3 is 5.97 Å². The van der Waals surface area contributed by atoms with Crippen LogP contribution < -0.4 is 10.7 Å². The van der Waals surface area contributed by atoms with Crippen LogP contribution in [-0.2, 0) is 23.9 Å². The van der Waals surface area contributed by atoms with Gasteiger partial charge in [0.05, 0.1) is 6.54 Å². The molecule has 0 unspecified atom stereocenters. The summed E-state index contributed by atoms with van der Waals surface area (Å²) in [6, 6.07) is 5.69. The van der Waals surface area contributed by atoms with Crippen LogP contribution in [0.15, 0.2) is 23.3 Å². The summed E-state index contributed by atoms with van der Waals surface area (Å²) in [6.45, 7) is 3.10. The molecule has 0 saturated carbocycles. The van der Waals surface area contributed by atoms with Crippen molar-refractivity contribution in [3.8, 4) is 0 Å². The third-order valence-electron chi connectivity index (χ3n) is 3.94. The first-order valence-corrected chi connectivity index (χ1v) is 8.40. The van der Waals surface area contributed by atoms with Gasteiger partial charge in [0.25, 0.3) is 5.91 Å². The first-order chi connectivity index (χ1) is 12.8. The molecule has 0 radical (unpaired) electrons. The van der Waals surface area contributed by atoms with E-state index in [2.05, 4.69) is 15.8 Å².